The monoisotopic (exact) mass is 498 g/mol. The first-order valence-electron chi connectivity index (χ1n) is 8.37. The molecule has 0 aromatic heterocycles. The minimum absolute atomic E-state index is 0.149. The molecule has 11 heteroatoms. The molecule has 0 bridgehead atoms. The van der Waals surface area contributed by atoms with Gasteiger partial charge in [0, 0.05) is 24.8 Å². The van der Waals surface area contributed by atoms with Crippen LogP contribution in [-0.2, 0) is 19.2 Å². The number of aliphatic hydroxyl groups is 2. The molecule has 0 rings (SSSR count). The van der Waals surface area contributed by atoms with Gasteiger partial charge >= 0.3 is 69.5 Å². The summed E-state index contributed by atoms with van der Waals surface area (Å²) in [4.78, 5) is 38.3. The largest absolute Gasteiger partial charge is 0.550 e. The maximum atomic E-state index is 9.58. The molecule has 0 heterocycles. The number of carboxylic acids is 4. The number of carbonyl (C=O) groups excluding carboxylic acids is 4. The van der Waals surface area contributed by atoms with Crippen molar-refractivity contribution in [1.29, 1.82) is 0 Å². The molecule has 0 aliphatic carbocycles. The minimum atomic E-state index is -1.96. The summed E-state index contributed by atoms with van der Waals surface area (Å²) < 4.78 is 3.25. The number of carboxylic acid groups (broad SMARTS) is 4. The number of hydrogen-bond acceptors (Lipinski definition) is 10. The summed E-state index contributed by atoms with van der Waals surface area (Å²) in [6.07, 6.45) is 0.0566. The third-order valence-electron chi connectivity index (χ3n) is 2.68. The van der Waals surface area contributed by atoms with Crippen molar-refractivity contribution in [2.24, 2.45) is 0 Å². The van der Waals surface area contributed by atoms with Crippen molar-refractivity contribution >= 4 is 45.0 Å². The van der Waals surface area contributed by atoms with Crippen LogP contribution in [0.15, 0.2) is 0 Å². The maximum absolute atomic E-state index is 9.58. The van der Waals surface area contributed by atoms with E-state index >= 15 is 0 Å². The molecule has 0 spiro atoms. The molecular formula is C16H26O10Sn. The van der Waals surface area contributed by atoms with Crippen molar-refractivity contribution in [3.63, 3.8) is 0 Å². The first kappa shape index (κ1) is 30.3. The van der Waals surface area contributed by atoms with E-state index in [2.05, 4.69) is 13.8 Å². The molecule has 0 saturated heterocycles. The van der Waals surface area contributed by atoms with E-state index in [1.54, 1.807) is 8.87 Å². The smallest absolute Gasteiger partial charge is 0.0985 e. The van der Waals surface area contributed by atoms with Crippen LogP contribution in [0.3, 0.4) is 0 Å². The quantitative estimate of drug-likeness (QED) is 0.196. The van der Waals surface area contributed by atoms with Gasteiger partial charge in [-0.05, 0) is 0 Å². The van der Waals surface area contributed by atoms with Crippen molar-refractivity contribution in [1.82, 2.24) is 0 Å². The number of unbranched alkanes of at least 4 members (excludes halogenated alkanes) is 2. The summed E-state index contributed by atoms with van der Waals surface area (Å²) in [7, 11) is 0. The molecule has 0 saturated carbocycles. The van der Waals surface area contributed by atoms with Crippen LogP contribution in [-0.4, -0.2) is 67.4 Å². The molecule has 0 amide bonds. The minimum Gasteiger partial charge on any atom is -0.550 e. The Hall–Kier alpha value is -1.40. The second-order valence-corrected chi connectivity index (χ2v) is 9.56. The van der Waals surface area contributed by atoms with Crippen LogP contribution in [0.25, 0.3) is 0 Å². The van der Waals surface area contributed by atoms with Crippen LogP contribution in [0.5, 0.6) is 0 Å². The van der Waals surface area contributed by atoms with Gasteiger partial charge in [-0.3, -0.25) is 0 Å². The van der Waals surface area contributed by atoms with Gasteiger partial charge in [0.25, 0.3) is 0 Å². The Balaban J connectivity index is -0.000000320. The summed E-state index contributed by atoms with van der Waals surface area (Å²) in [6, 6.07) is 0. The SMILES string of the molecule is CCC[CH2][Sn+4][CH2]CCC.O=C([O-])CC(O)C(=O)[O-].O=C([O-])CC(O)C(=O)[O-]. The normalized spacial score (nSPS) is 11.7. The zero-order chi connectivity index (χ0) is 21.8. The molecule has 0 fully saturated rings. The van der Waals surface area contributed by atoms with E-state index in [0.29, 0.717) is 0 Å². The van der Waals surface area contributed by atoms with Gasteiger partial charge in [-0.1, -0.05) is 0 Å². The Labute approximate surface area is 168 Å². The van der Waals surface area contributed by atoms with Crippen LogP contribution in [0.2, 0.25) is 8.87 Å². The summed E-state index contributed by atoms with van der Waals surface area (Å²) in [5, 5.41) is 54.7. The summed E-state index contributed by atoms with van der Waals surface area (Å²) in [6.45, 7) is 4.58. The van der Waals surface area contributed by atoms with Crippen molar-refractivity contribution in [2.45, 2.75) is 73.5 Å². The van der Waals surface area contributed by atoms with Gasteiger partial charge in [0.05, 0.1) is 24.1 Å². The van der Waals surface area contributed by atoms with Gasteiger partial charge in [-0.25, -0.2) is 0 Å². The van der Waals surface area contributed by atoms with E-state index in [1.165, 1.54) is 25.7 Å². The third kappa shape index (κ3) is 29.6. The van der Waals surface area contributed by atoms with Gasteiger partial charge in [0.1, 0.15) is 0 Å². The number of rotatable bonds is 12. The molecule has 2 unspecified atom stereocenters. The molecule has 27 heavy (non-hydrogen) atoms. The van der Waals surface area contributed by atoms with E-state index in [4.69, 9.17) is 10.2 Å². The average Bonchev–Trinajstić information content (AvgIpc) is 2.54. The molecule has 154 valence electrons. The van der Waals surface area contributed by atoms with E-state index in [1.807, 2.05) is 0 Å². The predicted molar refractivity (Wildman–Crippen MR) is 86.5 cm³/mol. The van der Waals surface area contributed by atoms with E-state index < -0.39 is 48.9 Å². The van der Waals surface area contributed by atoms with Crippen LogP contribution in [0, 0.1) is 0 Å². The van der Waals surface area contributed by atoms with E-state index in [-0.39, 0.29) is 21.1 Å². The van der Waals surface area contributed by atoms with Gasteiger partial charge in [0.2, 0.25) is 0 Å². The molecule has 10 nitrogen and oxygen atoms in total. The van der Waals surface area contributed by atoms with Crippen molar-refractivity contribution in [3.8, 4) is 0 Å². The molecule has 0 aromatic carbocycles. The van der Waals surface area contributed by atoms with Gasteiger partial charge in [-0.2, -0.15) is 0 Å². The Morgan fingerprint density at radius 2 is 1.04 bits per heavy atom. The first-order valence-corrected chi connectivity index (χ1v) is 12.4. The molecule has 0 aliphatic rings. The van der Waals surface area contributed by atoms with Crippen LogP contribution >= 0.6 is 0 Å². The van der Waals surface area contributed by atoms with E-state index in [9.17, 15) is 39.6 Å². The molecule has 6 radical (unpaired) electrons. The van der Waals surface area contributed by atoms with Crippen molar-refractivity contribution in [2.75, 3.05) is 0 Å². The third-order valence-corrected chi connectivity index (χ3v) is 6.71. The van der Waals surface area contributed by atoms with Crippen molar-refractivity contribution < 1.29 is 49.8 Å². The fourth-order valence-electron chi connectivity index (χ4n) is 1.21. The van der Waals surface area contributed by atoms with Gasteiger partial charge in [-0.15, -0.1) is 0 Å². The summed E-state index contributed by atoms with van der Waals surface area (Å²) in [5.41, 5.74) is 0. The summed E-state index contributed by atoms with van der Waals surface area (Å²) in [5.74, 6) is -6.85. The molecule has 0 aliphatic heterocycles. The summed E-state index contributed by atoms with van der Waals surface area (Å²) >= 11 is 0.149. The molecule has 2 atom stereocenters. The Kier molecular flexibility index (Phi) is 23.5. The van der Waals surface area contributed by atoms with Crippen LogP contribution in [0.4, 0.5) is 0 Å². The maximum Gasteiger partial charge on any atom is 0.0985 e. The number of carbonyl (C=O) groups is 4. The molecule has 2 N–H and O–H groups in total. The molecular weight excluding hydrogens is 471 g/mol. The average molecular weight is 497 g/mol. The number of aliphatic carboxylic acids is 4. The topological polar surface area (TPSA) is 201 Å². The fraction of sp³-hybridized carbons (Fsp3) is 0.750. The Morgan fingerprint density at radius 3 is 1.19 bits per heavy atom. The second-order valence-electron chi connectivity index (χ2n) is 5.28. The Bertz CT molecular complexity index is 389. The van der Waals surface area contributed by atoms with Gasteiger partial charge in [0.15, 0.2) is 0 Å². The number of hydrogen-bond donors (Lipinski definition) is 2. The zero-order valence-corrected chi connectivity index (χ0v) is 18.3. The van der Waals surface area contributed by atoms with Crippen LogP contribution in [0.1, 0.15) is 52.4 Å². The van der Waals surface area contributed by atoms with Crippen molar-refractivity contribution in [3.05, 3.63) is 0 Å². The fourth-order valence-corrected chi connectivity index (χ4v) is 5.37. The van der Waals surface area contributed by atoms with Crippen LogP contribution < -0.4 is 20.4 Å². The number of aliphatic hydroxyl groups excluding tert-OH is 2. The first-order chi connectivity index (χ1) is 12.5. The van der Waals surface area contributed by atoms with E-state index in [0.717, 1.165) is 0 Å². The predicted octanol–water partition coefficient (Wildman–Crippen LogP) is -4.40. The van der Waals surface area contributed by atoms with Gasteiger partial charge < -0.3 is 49.8 Å². The second kappa shape index (κ2) is 20.9. The zero-order valence-electron chi connectivity index (χ0n) is 15.5. The standard InChI is InChI=1S/2C4H6O5.2C4H9.Sn/c2*5-2(4(8)9)1-3(6)7;2*1-3-4-2;/h2*2,5H,1H2,(H,6,7)(H,8,9);2*1,3-4H2,2H3;/q;;;;+4/p-4. The Morgan fingerprint density at radius 1 is 0.741 bits per heavy atom. The molecule has 0 aromatic rings.